The molecule has 3 nitrogen and oxygen atoms in total. The fourth-order valence-electron chi connectivity index (χ4n) is 1.76. The molecule has 0 aromatic carbocycles. The normalized spacial score (nSPS) is 25.5. The molecule has 0 saturated carbocycles. The largest absolute Gasteiger partial charge is 0.373 e. The van der Waals surface area contributed by atoms with Crippen LogP contribution in [0, 0.1) is 0 Å². The van der Waals surface area contributed by atoms with Crippen LogP contribution in [0.2, 0.25) is 0 Å². The summed E-state index contributed by atoms with van der Waals surface area (Å²) >= 11 is 3.34. The number of nitrogens with zero attached hydrogens (tertiary/aromatic N) is 1. The Hall–Kier alpha value is -0.610. The summed E-state index contributed by atoms with van der Waals surface area (Å²) < 4.78 is 6.57. The molecular weight excluding hydrogens is 256 g/mol. The number of hydrogen-bond acceptors (Lipinski definition) is 3. The van der Waals surface area contributed by atoms with Gasteiger partial charge in [0.15, 0.2) is 0 Å². The minimum atomic E-state index is 0.334. The molecule has 4 heteroatoms. The first kappa shape index (κ1) is 10.9. The summed E-state index contributed by atoms with van der Waals surface area (Å²) in [6.45, 7) is 2.96. The fraction of sp³-hybridized carbons (Fsp3) is 0.545. The molecule has 82 valence electrons. The number of aromatic nitrogens is 1. The lowest BCUT2D eigenvalue weighted by Gasteiger charge is -2.12. The van der Waals surface area contributed by atoms with Crippen LogP contribution in [0.5, 0.6) is 0 Å². The quantitative estimate of drug-likeness (QED) is 0.858. The van der Waals surface area contributed by atoms with Crippen molar-refractivity contribution in [1.29, 1.82) is 0 Å². The van der Waals surface area contributed by atoms with Crippen LogP contribution >= 0.6 is 15.9 Å². The molecule has 1 fully saturated rings. The first-order valence-electron chi connectivity index (χ1n) is 5.26. The standard InChI is InChI=1S/C11H15BrN2O/c1-8-5-6-9(15-8)7-13-11-4-2-3-10(12)14-11/h2-4,8-9H,5-7H2,1H3,(H,13,14). The first-order chi connectivity index (χ1) is 7.24. The zero-order chi connectivity index (χ0) is 10.7. The average molecular weight is 271 g/mol. The zero-order valence-corrected chi connectivity index (χ0v) is 10.3. The summed E-state index contributed by atoms with van der Waals surface area (Å²) in [6, 6.07) is 5.85. The Labute approximate surface area is 98.4 Å². The van der Waals surface area contributed by atoms with E-state index in [1.54, 1.807) is 0 Å². The van der Waals surface area contributed by atoms with Gasteiger partial charge < -0.3 is 10.1 Å². The number of nitrogens with one attached hydrogen (secondary N) is 1. The van der Waals surface area contributed by atoms with Crippen molar-refractivity contribution in [1.82, 2.24) is 4.98 Å². The van der Waals surface area contributed by atoms with Crippen molar-refractivity contribution >= 4 is 21.7 Å². The minimum absolute atomic E-state index is 0.334. The van der Waals surface area contributed by atoms with Crippen LogP contribution in [0.1, 0.15) is 19.8 Å². The van der Waals surface area contributed by atoms with Crippen molar-refractivity contribution in [3.05, 3.63) is 22.8 Å². The predicted octanol–water partition coefficient (Wildman–Crippen LogP) is 2.82. The third-order valence-corrected chi connectivity index (χ3v) is 2.99. The van der Waals surface area contributed by atoms with Crippen molar-refractivity contribution in [3.8, 4) is 0 Å². The van der Waals surface area contributed by atoms with Crippen LogP contribution < -0.4 is 5.32 Å². The topological polar surface area (TPSA) is 34.2 Å². The smallest absolute Gasteiger partial charge is 0.127 e. The molecule has 0 aliphatic carbocycles. The second kappa shape index (κ2) is 4.94. The Kier molecular flexibility index (Phi) is 3.59. The summed E-state index contributed by atoms with van der Waals surface area (Å²) in [6.07, 6.45) is 3.05. The van der Waals surface area contributed by atoms with Gasteiger partial charge in [0.2, 0.25) is 0 Å². The molecule has 1 aromatic heterocycles. The molecular formula is C11H15BrN2O. The van der Waals surface area contributed by atoms with Crippen LogP contribution in [-0.4, -0.2) is 23.7 Å². The summed E-state index contributed by atoms with van der Waals surface area (Å²) in [4.78, 5) is 4.30. The van der Waals surface area contributed by atoms with Crippen LogP contribution in [-0.2, 0) is 4.74 Å². The van der Waals surface area contributed by atoms with E-state index in [1.165, 1.54) is 0 Å². The van der Waals surface area contributed by atoms with Crippen molar-refractivity contribution in [2.45, 2.75) is 32.0 Å². The fourth-order valence-corrected chi connectivity index (χ4v) is 2.10. The number of pyridine rings is 1. The molecule has 1 aliphatic rings. The maximum Gasteiger partial charge on any atom is 0.127 e. The van der Waals surface area contributed by atoms with E-state index in [1.807, 2.05) is 18.2 Å². The highest BCUT2D eigenvalue weighted by Gasteiger charge is 2.21. The molecule has 2 atom stereocenters. The number of rotatable bonds is 3. The molecule has 1 aromatic rings. The van der Waals surface area contributed by atoms with Gasteiger partial charge in [-0.05, 0) is 47.8 Å². The monoisotopic (exact) mass is 270 g/mol. The van der Waals surface area contributed by atoms with E-state index in [0.717, 1.165) is 29.8 Å². The first-order valence-corrected chi connectivity index (χ1v) is 6.05. The van der Waals surface area contributed by atoms with Crippen molar-refractivity contribution in [2.24, 2.45) is 0 Å². The Morgan fingerprint density at radius 1 is 1.53 bits per heavy atom. The lowest BCUT2D eigenvalue weighted by Crippen LogP contribution is -2.20. The molecule has 2 rings (SSSR count). The number of anilines is 1. The lowest BCUT2D eigenvalue weighted by molar-refractivity contribution is 0.0636. The molecule has 0 amide bonds. The SMILES string of the molecule is CC1CCC(CNc2cccc(Br)n2)O1. The molecule has 2 unspecified atom stereocenters. The van der Waals surface area contributed by atoms with E-state index >= 15 is 0 Å². The van der Waals surface area contributed by atoms with Gasteiger partial charge in [-0.3, -0.25) is 0 Å². The maximum absolute atomic E-state index is 5.71. The number of halogens is 1. The van der Waals surface area contributed by atoms with Crippen molar-refractivity contribution in [3.63, 3.8) is 0 Å². The highest BCUT2D eigenvalue weighted by atomic mass is 79.9. The molecule has 0 radical (unpaired) electrons. The molecule has 1 N–H and O–H groups in total. The van der Waals surface area contributed by atoms with E-state index in [4.69, 9.17) is 4.74 Å². The number of hydrogen-bond donors (Lipinski definition) is 1. The minimum Gasteiger partial charge on any atom is -0.373 e. The Morgan fingerprint density at radius 2 is 2.40 bits per heavy atom. The Balaban J connectivity index is 1.83. The molecule has 2 heterocycles. The van der Waals surface area contributed by atoms with Gasteiger partial charge in [-0.1, -0.05) is 6.07 Å². The second-order valence-electron chi connectivity index (χ2n) is 3.87. The Morgan fingerprint density at radius 3 is 3.07 bits per heavy atom. The maximum atomic E-state index is 5.71. The van der Waals surface area contributed by atoms with Gasteiger partial charge in [-0.2, -0.15) is 0 Å². The molecule has 0 bridgehead atoms. The highest BCUT2D eigenvalue weighted by molar-refractivity contribution is 9.10. The van der Waals surface area contributed by atoms with E-state index in [2.05, 4.69) is 33.2 Å². The van der Waals surface area contributed by atoms with Crippen LogP contribution in [0.4, 0.5) is 5.82 Å². The van der Waals surface area contributed by atoms with Gasteiger partial charge in [0.05, 0.1) is 12.2 Å². The van der Waals surface area contributed by atoms with E-state index in [0.29, 0.717) is 12.2 Å². The molecule has 15 heavy (non-hydrogen) atoms. The van der Waals surface area contributed by atoms with Crippen molar-refractivity contribution < 1.29 is 4.74 Å². The summed E-state index contributed by atoms with van der Waals surface area (Å²) in [5.74, 6) is 0.896. The Bertz CT molecular complexity index is 332. The zero-order valence-electron chi connectivity index (χ0n) is 8.74. The third kappa shape index (κ3) is 3.18. The highest BCUT2D eigenvalue weighted by Crippen LogP contribution is 2.19. The number of ether oxygens (including phenoxy) is 1. The second-order valence-corrected chi connectivity index (χ2v) is 4.68. The van der Waals surface area contributed by atoms with Gasteiger partial charge >= 0.3 is 0 Å². The molecule has 1 aliphatic heterocycles. The van der Waals surface area contributed by atoms with Crippen LogP contribution in [0.3, 0.4) is 0 Å². The van der Waals surface area contributed by atoms with Crippen molar-refractivity contribution in [2.75, 3.05) is 11.9 Å². The van der Waals surface area contributed by atoms with Gasteiger partial charge in [-0.15, -0.1) is 0 Å². The van der Waals surface area contributed by atoms with E-state index in [-0.39, 0.29) is 0 Å². The average Bonchev–Trinajstić information content (AvgIpc) is 2.62. The van der Waals surface area contributed by atoms with Crippen LogP contribution in [0.25, 0.3) is 0 Å². The van der Waals surface area contributed by atoms with E-state index in [9.17, 15) is 0 Å². The van der Waals surface area contributed by atoms with Gasteiger partial charge in [0.1, 0.15) is 10.4 Å². The van der Waals surface area contributed by atoms with Crippen LogP contribution in [0.15, 0.2) is 22.8 Å². The van der Waals surface area contributed by atoms with Gasteiger partial charge in [-0.25, -0.2) is 4.98 Å². The van der Waals surface area contributed by atoms with E-state index < -0.39 is 0 Å². The molecule has 1 saturated heterocycles. The van der Waals surface area contributed by atoms with Gasteiger partial charge in [0, 0.05) is 6.54 Å². The van der Waals surface area contributed by atoms with Gasteiger partial charge in [0.25, 0.3) is 0 Å². The third-order valence-electron chi connectivity index (χ3n) is 2.55. The summed E-state index contributed by atoms with van der Waals surface area (Å²) in [7, 11) is 0. The lowest BCUT2D eigenvalue weighted by atomic mass is 10.2. The molecule has 0 spiro atoms. The summed E-state index contributed by atoms with van der Waals surface area (Å²) in [5.41, 5.74) is 0. The summed E-state index contributed by atoms with van der Waals surface area (Å²) in [5, 5.41) is 3.28. The predicted molar refractivity (Wildman–Crippen MR) is 64.0 cm³/mol.